The first kappa shape index (κ1) is 17.6. The summed E-state index contributed by atoms with van der Waals surface area (Å²) in [5.41, 5.74) is 9.90. The van der Waals surface area contributed by atoms with Crippen LogP contribution in [0.25, 0.3) is 0 Å². The largest absolute Gasteiger partial charge is 0.399 e. The van der Waals surface area contributed by atoms with Gasteiger partial charge in [-0.15, -0.1) is 0 Å². The molecule has 2 aromatic rings. The minimum Gasteiger partial charge on any atom is -0.399 e. The fraction of sp³-hybridized carbons (Fsp3) is 0.125. The van der Waals surface area contributed by atoms with Gasteiger partial charge in [-0.05, 0) is 36.8 Å². The highest BCUT2D eigenvalue weighted by Crippen LogP contribution is 2.08. The van der Waals surface area contributed by atoms with Gasteiger partial charge in [-0.25, -0.2) is 18.6 Å². The van der Waals surface area contributed by atoms with Gasteiger partial charge in [0.2, 0.25) is 10.0 Å². The molecule has 126 valence electrons. The summed E-state index contributed by atoms with van der Waals surface area (Å²) in [4.78, 5) is 11.8. The number of rotatable bonds is 6. The molecule has 2 rings (SSSR count). The molecule has 4 N–H and O–H groups in total. The van der Waals surface area contributed by atoms with Crippen LogP contribution in [-0.2, 0) is 14.8 Å². The van der Waals surface area contributed by atoms with Gasteiger partial charge in [0, 0.05) is 5.69 Å². The summed E-state index contributed by atoms with van der Waals surface area (Å²) < 4.78 is 26.2. The number of carbonyl (C=O) groups is 1. The minimum absolute atomic E-state index is 0.0947. The van der Waals surface area contributed by atoms with Crippen LogP contribution < -0.4 is 15.9 Å². The van der Waals surface area contributed by atoms with Gasteiger partial charge in [-0.1, -0.05) is 30.3 Å². The summed E-state index contributed by atoms with van der Waals surface area (Å²) in [6, 6.07) is 14.9. The topological polar surface area (TPSA) is 114 Å². The van der Waals surface area contributed by atoms with Crippen molar-refractivity contribution in [2.45, 2.75) is 11.8 Å². The molecule has 24 heavy (non-hydrogen) atoms. The Morgan fingerprint density at radius 1 is 1.12 bits per heavy atom. The van der Waals surface area contributed by atoms with Gasteiger partial charge in [0.25, 0.3) is 5.91 Å². The number of sulfonamides is 1. The first-order valence-electron chi connectivity index (χ1n) is 7.12. The van der Waals surface area contributed by atoms with Crippen LogP contribution in [0.5, 0.6) is 0 Å². The zero-order chi connectivity index (χ0) is 17.6. The van der Waals surface area contributed by atoms with Crippen molar-refractivity contribution in [2.75, 3.05) is 12.3 Å². The molecule has 0 heterocycles. The zero-order valence-corrected chi connectivity index (χ0v) is 13.9. The second-order valence-corrected chi connectivity index (χ2v) is 6.76. The van der Waals surface area contributed by atoms with Crippen molar-refractivity contribution in [2.24, 2.45) is 5.10 Å². The number of benzene rings is 2. The van der Waals surface area contributed by atoms with E-state index >= 15 is 0 Å². The smallest absolute Gasteiger partial charge is 0.255 e. The maximum atomic E-state index is 12.0. The number of hydrogen-bond acceptors (Lipinski definition) is 5. The van der Waals surface area contributed by atoms with E-state index in [1.54, 1.807) is 49.4 Å². The molecular weight excluding hydrogens is 328 g/mol. The van der Waals surface area contributed by atoms with Crippen LogP contribution in [0.3, 0.4) is 0 Å². The van der Waals surface area contributed by atoms with Gasteiger partial charge in [0.1, 0.15) is 0 Å². The molecule has 0 aliphatic rings. The number of nitrogens with two attached hydrogens (primary N) is 1. The van der Waals surface area contributed by atoms with E-state index in [1.807, 2.05) is 0 Å². The van der Waals surface area contributed by atoms with Crippen molar-refractivity contribution in [3.05, 3.63) is 60.2 Å². The molecule has 2 aromatic carbocycles. The van der Waals surface area contributed by atoms with Crippen LogP contribution in [-0.4, -0.2) is 26.6 Å². The number of nitrogens with one attached hydrogen (secondary N) is 2. The average Bonchev–Trinajstić information content (AvgIpc) is 2.58. The lowest BCUT2D eigenvalue weighted by Gasteiger charge is -2.06. The number of hydrazone groups is 1. The number of anilines is 1. The summed E-state index contributed by atoms with van der Waals surface area (Å²) in [5, 5.41) is 3.94. The number of nitrogens with zero attached hydrogens (tertiary/aromatic N) is 1. The van der Waals surface area contributed by atoms with Gasteiger partial charge in [-0.3, -0.25) is 4.79 Å². The van der Waals surface area contributed by atoms with E-state index in [0.717, 1.165) is 5.56 Å². The van der Waals surface area contributed by atoms with Crippen LogP contribution in [0.4, 0.5) is 5.69 Å². The lowest BCUT2D eigenvalue weighted by atomic mass is 10.1. The molecule has 0 saturated carbocycles. The SMILES string of the molecule is CC(=NNC(=O)CNS(=O)(=O)c1ccccc1)c1cccc(N)c1. The number of nitrogen functional groups attached to an aromatic ring is 1. The standard InChI is InChI=1S/C16H18N4O3S/c1-12(13-6-5-7-14(17)10-13)19-20-16(21)11-18-24(22,23)15-8-3-2-4-9-15/h2-10,18H,11,17H2,1H3,(H,20,21). The minimum atomic E-state index is -3.73. The Balaban J connectivity index is 1.93. The van der Waals surface area contributed by atoms with Gasteiger partial charge < -0.3 is 5.73 Å². The van der Waals surface area contributed by atoms with E-state index in [2.05, 4.69) is 15.2 Å². The fourth-order valence-electron chi connectivity index (χ4n) is 1.86. The van der Waals surface area contributed by atoms with E-state index in [0.29, 0.717) is 11.4 Å². The first-order valence-corrected chi connectivity index (χ1v) is 8.60. The molecule has 0 aliphatic heterocycles. The fourth-order valence-corrected chi connectivity index (χ4v) is 2.86. The van der Waals surface area contributed by atoms with Gasteiger partial charge in [-0.2, -0.15) is 5.10 Å². The van der Waals surface area contributed by atoms with E-state index in [-0.39, 0.29) is 4.90 Å². The summed E-state index contributed by atoms with van der Waals surface area (Å²) in [6.45, 7) is 1.30. The first-order chi connectivity index (χ1) is 11.4. The van der Waals surface area contributed by atoms with Crippen molar-refractivity contribution in [1.82, 2.24) is 10.1 Å². The third-order valence-corrected chi connectivity index (χ3v) is 4.55. The number of hydrogen-bond donors (Lipinski definition) is 3. The molecule has 0 atom stereocenters. The maximum Gasteiger partial charge on any atom is 0.255 e. The lowest BCUT2D eigenvalue weighted by Crippen LogP contribution is -2.35. The third kappa shape index (κ3) is 4.90. The van der Waals surface area contributed by atoms with Crippen molar-refractivity contribution in [1.29, 1.82) is 0 Å². The van der Waals surface area contributed by atoms with Crippen LogP contribution in [0.1, 0.15) is 12.5 Å². The molecule has 0 fully saturated rings. The highest BCUT2D eigenvalue weighted by atomic mass is 32.2. The van der Waals surface area contributed by atoms with Gasteiger partial charge in [0.15, 0.2) is 0 Å². The number of amides is 1. The predicted molar refractivity (Wildman–Crippen MR) is 92.8 cm³/mol. The molecular formula is C16H18N4O3S. The molecule has 7 nitrogen and oxygen atoms in total. The van der Waals surface area contributed by atoms with Crippen LogP contribution in [0.15, 0.2) is 64.6 Å². The van der Waals surface area contributed by atoms with Crippen molar-refractivity contribution in [3.63, 3.8) is 0 Å². The van der Waals surface area contributed by atoms with Gasteiger partial charge >= 0.3 is 0 Å². The van der Waals surface area contributed by atoms with Gasteiger partial charge in [0.05, 0.1) is 17.2 Å². The molecule has 0 saturated heterocycles. The molecule has 1 amide bonds. The van der Waals surface area contributed by atoms with E-state index in [9.17, 15) is 13.2 Å². The van der Waals surface area contributed by atoms with E-state index < -0.39 is 22.5 Å². The molecule has 0 spiro atoms. The second kappa shape index (κ2) is 7.71. The van der Waals surface area contributed by atoms with E-state index in [1.165, 1.54) is 12.1 Å². The Labute approximate surface area is 140 Å². The zero-order valence-electron chi connectivity index (χ0n) is 13.1. The quantitative estimate of drug-likeness (QED) is 0.413. The predicted octanol–water partition coefficient (Wildman–Crippen LogP) is 1.09. The Bertz CT molecular complexity index is 849. The molecule has 0 aromatic heterocycles. The normalized spacial score (nSPS) is 12.0. The van der Waals surface area contributed by atoms with Crippen molar-refractivity contribution < 1.29 is 13.2 Å². The number of carbonyl (C=O) groups excluding carboxylic acids is 1. The molecule has 8 heteroatoms. The summed E-state index contributed by atoms with van der Waals surface area (Å²) in [5.74, 6) is -0.572. The van der Waals surface area contributed by atoms with Crippen LogP contribution in [0, 0.1) is 0 Å². The lowest BCUT2D eigenvalue weighted by molar-refractivity contribution is -0.119. The summed E-state index contributed by atoms with van der Waals surface area (Å²) in [7, 11) is -3.73. The monoisotopic (exact) mass is 346 g/mol. The van der Waals surface area contributed by atoms with Crippen LogP contribution >= 0.6 is 0 Å². The second-order valence-electron chi connectivity index (χ2n) is 5.00. The molecule has 0 bridgehead atoms. The highest BCUT2D eigenvalue weighted by Gasteiger charge is 2.14. The molecule has 0 aliphatic carbocycles. The highest BCUT2D eigenvalue weighted by molar-refractivity contribution is 7.89. The summed E-state index contributed by atoms with van der Waals surface area (Å²) >= 11 is 0. The van der Waals surface area contributed by atoms with Crippen LogP contribution in [0.2, 0.25) is 0 Å². The van der Waals surface area contributed by atoms with Crippen molar-refractivity contribution >= 4 is 27.3 Å². The third-order valence-electron chi connectivity index (χ3n) is 3.13. The average molecular weight is 346 g/mol. The Hall–Kier alpha value is -2.71. The Kier molecular flexibility index (Phi) is 5.67. The van der Waals surface area contributed by atoms with Crippen molar-refractivity contribution in [3.8, 4) is 0 Å². The summed E-state index contributed by atoms with van der Waals surface area (Å²) in [6.07, 6.45) is 0. The Morgan fingerprint density at radius 3 is 2.50 bits per heavy atom. The molecule has 0 radical (unpaired) electrons. The van der Waals surface area contributed by atoms with E-state index in [4.69, 9.17) is 5.73 Å². The maximum absolute atomic E-state index is 12.0. The molecule has 0 unspecified atom stereocenters. The Morgan fingerprint density at radius 2 is 1.83 bits per heavy atom.